The molecule has 3 rings (SSSR count). The smallest absolute Gasteiger partial charge is 0.257 e. The highest BCUT2D eigenvalue weighted by molar-refractivity contribution is 7.99. The number of carbonyl (C=O) groups excluding carboxylic acids is 2. The number of thioether (sulfide) groups is 1. The molecule has 0 saturated carbocycles. The van der Waals surface area contributed by atoms with E-state index < -0.39 is 6.04 Å². The van der Waals surface area contributed by atoms with Gasteiger partial charge in [0.2, 0.25) is 5.91 Å². The fourth-order valence-electron chi connectivity index (χ4n) is 2.89. The van der Waals surface area contributed by atoms with Crippen molar-refractivity contribution in [1.29, 1.82) is 0 Å². The lowest BCUT2D eigenvalue weighted by atomic mass is 10.1. The van der Waals surface area contributed by atoms with Gasteiger partial charge in [-0.15, -0.1) is 23.1 Å². The highest BCUT2D eigenvalue weighted by atomic mass is 35.5. The Bertz CT molecular complexity index is 767. The van der Waals surface area contributed by atoms with E-state index in [1.54, 1.807) is 52.3 Å². The summed E-state index contributed by atoms with van der Waals surface area (Å²) in [5.41, 5.74) is 0.435. The van der Waals surface area contributed by atoms with Crippen LogP contribution in [0.2, 0.25) is 5.02 Å². The zero-order valence-electron chi connectivity index (χ0n) is 14.5. The summed E-state index contributed by atoms with van der Waals surface area (Å²) in [5, 5.41) is 5.20. The van der Waals surface area contributed by atoms with Crippen LogP contribution in [-0.4, -0.2) is 35.1 Å². The monoisotopic (exact) mass is 408 g/mol. The molecule has 0 bridgehead atoms. The molecule has 1 aromatic carbocycles. The van der Waals surface area contributed by atoms with E-state index in [4.69, 9.17) is 11.6 Å². The minimum absolute atomic E-state index is 0.0922. The summed E-state index contributed by atoms with van der Waals surface area (Å²) < 4.78 is 0. The minimum atomic E-state index is -0.493. The third kappa shape index (κ3) is 4.08. The van der Waals surface area contributed by atoms with Gasteiger partial charge in [-0.25, -0.2) is 0 Å². The Balaban J connectivity index is 1.88. The molecule has 4 nitrogen and oxygen atoms in total. The van der Waals surface area contributed by atoms with Crippen molar-refractivity contribution in [3.8, 4) is 0 Å². The second-order valence-electron chi connectivity index (χ2n) is 6.05. The molecule has 2 atom stereocenters. The van der Waals surface area contributed by atoms with Gasteiger partial charge in [0.1, 0.15) is 11.4 Å². The van der Waals surface area contributed by atoms with E-state index >= 15 is 0 Å². The first-order valence-corrected chi connectivity index (χ1v) is 10.9. The Morgan fingerprint density at radius 3 is 2.77 bits per heavy atom. The third-order valence-corrected chi connectivity index (χ3v) is 6.97. The SMILES string of the molecule is CCCCNC(=O)C1CSC(c2cccs2)N1C(=O)c1ccccc1Cl. The summed E-state index contributed by atoms with van der Waals surface area (Å²) in [6, 6.07) is 10.5. The number of nitrogens with one attached hydrogen (secondary N) is 1. The predicted octanol–water partition coefficient (Wildman–Crippen LogP) is 4.57. The number of benzene rings is 1. The molecule has 26 heavy (non-hydrogen) atoms. The quantitative estimate of drug-likeness (QED) is 0.712. The number of unbranched alkanes of at least 4 members (excludes halogenated alkanes) is 1. The fraction of sp³-hybridized carbons (Fsp3) is 0.368. The zero-order valence-corrected chi connectivity index (χ0v) is 16.9. The zero-order chi connectivity index (χ0) is 18.5. The summed E-state index contributed by atoms with van der Waals surface area (Å²) in [6.07, 6.45) is 1.94. The van der Waals surface area contributed by atoms with E-state index in [0.29, 0.717) is 22.9 Å². The van der Waals surface area contributed by atoms with Gasteiger partial charge in [-0.1, -0.05) is 43.1 Å². The van der Waals surface area contributed by atoms with E-state index in [1.165, 1.54) is 0 Å². The van der Waals surface area contributed by atoms with E-state index in [-0.39, 0.29) is 17.2 Å². The van der Waals surface area contributed by atoms with Crippen LogP contribution in [0.1, 0.15) is 40.4 Å². The van der Waals surface area contributed by atoms with Crippen LogP contribution in [0.4, 0.5) is 0 Å². The number of rotatable bonds is 6. The van der Waals surface area contributed by atoms with Crippen molar-refractivity contribution in [2.45, 2.75) is 31.2 Å². The molecule has 2 amide bonds. The van der Waals surface area contributed by atoms with Crippen molar-refractivity contribution < 1.29 is 9.59 Å². The molecule has 0 aliphatic carbocycles. The first kappa shape index (κ1) is 19.3. The summed E-state index contributed by atoms with van der Waals surface area (Å²) in [5.74, 6) is 0.288. The summed E-state index contributed by atoms with van der Waals surface area (Å²) in [7, 11) is 0. The number of hydrogen-bond acceptors (Lipinski definition) is 4. The van der Waals surface area contributed by atoms with Gasteiger partial charge >= 0.3 is 0 Å². The molecule has 1 aliphatic rings. The average Bonchev–Trinajstić information content (AvgIpc) is 3.31. The molecule has 1 aliphatic heterocycles. The van der Waals surface area contributed by atoms with E-state index in [1.807, 2.05) is 17.5 Å². The van der Waals surface area contributed by atoms with Gasteiger partial charge in [0.15, 0.2) is 0 Å². The Morgan fingerprint density at radius 1 is 1.27 bits per heavy atom. The van der Waals surface area contributed by atoms with Crippen LogP contribution in [0.25, 0.3) is 0 Å². The van der Waals surface area contributed by atoms with Gasteiger partial charge in [-0.2, -0.15) is 0 Å². The Hall–Kier alpha value is -1.50. The van der Waals surface area contributed by atoms with Gasteiger partial charge in [0.25, 0.3) is 5.91 Å². The van der Waals surface area contributed by atoms with Crippen LogP contribution in [0.15, 0.2) is 41.8 Å². The summed E-state index contributed by atoms with van der Waals surface area (Å²) in [6.45, 7) is 2.71. The number of halogens is 1. The second kappa shape index (κ2) is 8.93. The Labute approximate surface area is 166 Å². The molecular formula is C19H21ClN2O2S2. The van der Waals surface area contributed by atoms with Gasteiger partial charge < -0.3 is 10.2 Å². The second-order valence-corrected chi connectivity index (χ2v) is 8.55. The van der Waals surface area contributed by atoms with Gasteiger partial charge in [0, 0.05) is 17.2 Å². The predicted molar refractivity (Wildman–Crippen MR) is 109 cm³/mol. The maximum Gasteiger partial charge on any atom is 0.257 e. The first-order valence-electron chi connectivity index (χ1n) is 8.63. The molecule has 138 valence electrons. The van der Waals surface area contributed by atoms with E-state index in [0.717, 1.165) is 17.7 Å². The molecule has 7 heteroatoms. The molecule has 1 N–H and O–H groups in total. The van der Waals surface area contributed by atoms with Crippen molar-refractivity contribution in [2.75, 3.05) is 12.3 Å². The van der Waals surface area contributed by atoms with Crippen LogP contribution in [0, 0.1) is 0 Å². The van der Waals surface area contributed by atoms with Crippen LogP contribution in [-0.2, 0) is 4.79 Å². The lowest BCUT2D eigenvalue weighted by molar-refractivity contribution is -0.124. The molecule has 1 saturated heterocycles. The Kier molecular flexibility index (Phi) is 6.62. The minimum Gasteiger partial charge on any atom is -0.354 e. The van der Waals surface area contributed by atoms with E-state index in [2.05, 4.69) is 12.2 Å². The third-order valence-electron chi connectivity index (χ3n) is 4.26. The number of nitrogens with zero attached hydrogens (tertiary/aromatic N) is 1. The topological polar surface area (TPSA) is 49.4 Å². The summed E-state index contributed by atoms with van der Waals surface area (Å²) in [4.78, 5) is 28.8. The fourth-order valence-corrected chi connectivity index (χ4v) is 5.50. The molecular weight excluding hydrogens is 388 g/mol. The molecule has 2 heterocycles. The maximum atomic E-state index is 13.3. The average molecular weight is 409 g/mol. The first-order chi connectivity index (χ1) is 12.6. The normalized spacial score (nSPS) is 19.5. The molecule has 0 spiro atoms. The van der Waals surface area contributed by atoms with Crippen LogP contribution < -0.4 is 5.32 Å². The van der Waals surface area contributed by atoms with E-state index in [9.17, 15) is 9.59 Å². The lowest BCUT2D eigenvalue weighted by Crippen LogP contribution is -2.48. The van der Waals surface area contributed by atoms with Crippen molar-refractivity contribution in [3.05, 3.63) is 57.2 Å². The largest absolute Gasteiger partial charge is 0.354 e. The maximum absolute atomic E-state index is 13.3. The van der Waals surface area contributed by atoms with Gasteiger partial charge in [0.05, 0.1) is 10.6 Å². The molecule has 2 unspecified atom stereocenters. The number of amides is 2. The van der Waals surface area contributed by atoms with Crippen molar-refractivity contribution in [2.24, 2.45) is 0 Å². The van der Waals surface area contributed by atoms with Crippen molar-refractivity contribution >= 4 is 46.5 Å². The van der Waals surface area contributed by atoms with Crippen molar-refractivity contribution in [3.63, 3.8) is 0 Å². The van der Waals surface area contributed by atoms with Crippen LogP contribution in [0.3, 0.4) is 0 Å². The molecule has 0 radical (unpaired) electrons. The highest BCUT2D eigenvalue weighted by Crippen LogP contribution is 2.44. The summed E-state index contributed by atoms with van der Waals surface area (Å²) >= 11 is 9.47. The number of carbonyl (C=O) groups is 2. The number of hydrogen-bond donors (Lipinski definition) is 1. The Morgan fingerprint density at radius 2 is 2.08 bits per heavy atom. The van der Waals surface area contributed by atoms with Crippen molar-refractivity contribution in [1.82, 2.24) is 10.2 Å². The standard InChI is InChI=1S/C19H21ClN2O2S2/c1-2-3-10-21-17(23)15-12-26-19(16-9-6-11-25-16)22(15)18(24)13-7-4-5-8-14(13)20/h4-9,11,15,19H,2-3,10,12H2,1H3,(H,21,23). The van der Waals surface area contributed by atoms with Gasteiger partial charge in [-0.3, -0.25) is 9.59 Å². The van der Waals surface area contributed by atoms with Crippen LogP contribution in [0.5, 0.6) is 0 Å². The van der Waals surface area contributed by atoms with Gasteiger partial charge in [-0.05, 0) is 30.0 Å². The van der Waals surface area contributed by atoms with Crippen LogP contribution >= 0.6 is 34.7 Å². The highest BCUT2D eigenvalue weighted by Gasteiger charge is 2.43. The molecule has 1 fully saturated rings. The lowest BCUT2D eigenvalue weighted by Gasteiger charge is -2.28. The molecule has 1 aromatic heterocycles. The molecule has 2 aromatic rings. The number of thiophene rings is 1.